The molecule has 9 N–H and O–H groups in total. The van der Waals surface area contributed by atoms with Gasteiger partial charge in [-0.3, -0.25) is 38.4 Å². The number of nitrogens with one attached hydrogen (secondary N) is 6. The summed E-state index contributed by atoms with van der Waals surface area (Å²) >= 11 is 0. The van der Waals surface area contributed by atoms with Crippen molar-refractivity contribution in [3.63, 3.8) is 0 Å². The number of hydrogen-bond donors (Lipinski definition) is 8. The van der Waals surface area contributed by atoms with E-state index >= 15 is 0 Å². The number of nitrogens with two attached hydrogens (primary N) is 1. The van der Waals surface area contributed by atoms with Crippen LogP contribution in [-0.4, -0.2) is 114 Å². The second-order valence-electron chi connectivity index (χ2n) is 19.2. The topological polar surface area (TPSA) is 273 Å². The molecule has 18 heteroatoms. The van der Waals surface area contributed by atoms with Gasteiger partial charge in [-0.1, -0.05) is 128 Å². The van der Waals surface area contributed by atoms with Crippen LogP contribution in [0.3, 0.4) is 0 Å². The lowest BCUT2D eigenvalue weighted by atomic mass is 9.83. The summed E-state index contributed by atoms with van der Waals surface area (Å²) in [4.78, 5) is 109. The van der Waals surface area contributed by atoms with E-state index < -0.39 is 101 Å². The number of Topliss-reactive ketones (excluding diaryl/α,β-unsaturated/α-hetero) is 1. The average Bonchev–Trinajstić information content (AvgIpc) is 3.30. The number of rotatable bonds is 27. The van der Waals surface area contributed by atoms with Crippen molar-refractivity contribution in [1.29, 1.82) is 0 Å². The van der Waals surface area contributed by atoms with Crippen molar-refractivity contribution in [2.24, 2.45) is 17.1 Å². The number of ketones is 1. The summed E-state index contributed by atoms with van der Waals surface area (Å²) in [5, 5.41) is 26.5. The first-order valence-corrected chi connectivity index (χ1v) is 23.6. The van der Waals surface area contributed by atoms with Crippen LogP contribution in [0.4, 0.5) is 0 Å². The molecule has 0 aromatic heterocycles. The Labute approximate surface area is 400 Å². The second-order valence-corrected chi connectivity index (χ2v) is 19.2. The quantitative estimate of drug-likeness (QED) is 0.0603. The molecule has 0 radical (unpaired) electrons. The number of carbonyl (C=O) groups excluding carboxylic acids is 8. The van der Waals surface area contributed by atoms with Crippen LogP contribution < -0.4 is 37.6 Å². The van der Waals surface area contributed by atoms with E-state index in [0.29, 0.717) is 31.2 Å². The molecular weight excluding hydrogens is 875 g/mol. The monoisotopic (exact) mass is 950 g/mol. The summed E-state index contributed by atoms with van der Waals surface area (Å²) in [6, 6.07) is 8.42. The Hall–Kier alpha value is -5.72. The van der Waals surface area contributed by atoms with Gasteiger partial charge in [0, 0.05) is 13.5 Å². The van der Waals surface area contributed by atoms with Crippen molar-refractivity contribution in [3.05, 3.63) is 71.3 Å². The number of methoxy groups -OCH3 is 1. The predicted molar refractivity (Wildman–Crippen MR) is 255 cm³/mol. The van der Waals surface area contributed by atoms with E-state index in [0.717, 1.165) is 30.4 Å². The first-order chi connectivity index (χ1) is 32.2. The van der Waals surface area contributed by atoms with Crippen molar-refractivity contribution in [1.82, 2.24) is 31.9 Å². The third-order valence-corrected chi connectivity index (χ3v) is 12.1. The zero-order valence-electron chi connectivity index (χ0n) is 41.0. The maximum absolute atomic E-state index is 14.6. The maximum Gasteiger partial charge on any atom is 0.287 e. The zero-order valence-corrected chi connectivity index (χ0v) is 41.0. The molecule has 0 bridgehead atoms. The lowest BCUT2D eigenvalue weighted by Gasteiger charge is -2.35. The van der Waals surface area contributed by atoms with Gasteiger partial charge in [0.2, 0.25) is 35.3 Å². The predicted octanol–water partition coefficient (Wildman–Crippen LogP) is 2.34. The molecule has 0 heterocycles. The van der Waals surface area contributed by atoms with Gasteiger partial charge in [-0.2, -0.15) is 0 Å². The Bertz CT molecular complexity index is 2020. The van der Waals surface area contributed by atoms with E-state index in [-0.39, 0.29) is 38.4 Å². The highest BCUT2D eigenvalue weighted by Gasteiger charge is 2.42. The zero-order chi connectivity index (χ0) is 50.6. The smallest absolute Gasteiger partial charge is 0.287 e. The van der Waals surface area contributed by atoms with Gasteiger partial charge in [0.25, 0.3) is 11.8 Å². The summed E-state index contributed by atoms with van der Waals surface area (Å²) in [7, 11) is 1.43. The largest absolute Gasteiger partial charge is 0.394 e. The Kier molecular flexibility index (Phi) is 22.7. The van der Waals surface area contributed by atoms with E-state index in [1.807, 2.05) is 70.2 Å². The van der Waals surface area contributed by atoms with Crippen molar-refractivity contribution < 1.29 is 52.9 Å². The number of carbonyl (C=O) groups is 8. The molecule has 376 valence electrons. The third-order valence-electron chi connectivity index (χ3n) is 12.1. The van der Waals surface area contributed by atoms with E-state index in [1.165, 1.54) is 7.11 Å². The van der Waals surface area contributed by atoms with Gasteiger partial charge in [-0.05, 0) is 60.6 Å². The van der Waals surface area contributed by atoms with Gasteiger partial charge in [0.15, 0.2) is 0 Å². The van der Waals surface area contributed by atoms with Crippen LogP contribution in [0.5, 0.6) is 0 Å². The van der Waals surface area contributed by atoms with Crippen molar-refractivity contribution in [2.75, 3.05) is 20.3 Å². The molecule has 1 fully saturated rings. The minimum atomic E-state index is -1.47. The fraction of sp³-hybridized carbons (Fsp3) is 0.600. The molecule has 6 atom stereocenters. The van der Waals surface area contributed by atoms with Gasteiger partial charge in [0.05, 0.1) is 25.9 Å². The number of aliphatic hydroxyl groups is 1. The minimum Gasteiger partial charge on any atom is -0.394 e. The number of amides is 7. The molecule has 1 saturated carbocycles. The summed E-state index contributed by atoms with van der Waals surface area (Å²) in [5.74, 6) is -6.74. The van der Waals surface area contributed by atoms with Gasteiger partial charge in [-0.25, -0.2) is 0 Å². The maximum atomic E-state index is 14.6. The van der Waals surface area contributed by atoms with Crippen molar-refractivity contribution in [3.8, 4) is 0 Å². The van der Waals surface area contributed by atoms with Gasteiger partial charge in [0.1, 0.15) is 35.8 Å². The summed E-state index contributed by atoms with van der Waals surface area (Å²) in [5.41, 5.74) is 5.43. The highest BCUT2D eigenvalue weighted by molar-refractivity contribution is 6.37. The van der Waals surface area contributed by atoms with Crippen LogP contribution in [0.2, 0.25) is 0 Å². The normalized spacial score (nSPS) is 16.1. The molecule has 0 spiro atoms. The number of aryl methyl sites for hydroxylation is 1. The molecule has 68 heavy (non-hydrogen) atoms. The molecule has 7 amide bonds. The van der Waals surface area contributed by atoms with E-state index in [2.05, 4.69) is 31.9 Å². The fourth-order valence-corrected chi connectivity index (χ4v) is 7.99. The first kappa shape index (κ1) is 56.6. The second kappa shape index (κ2) is 27.3. The minimum absolute atomic E-state index is 0.0475. The summed E-state index contributed by atoms with van der Waals surface area (Å²) in [6.45, 7) is 11.4. The SMILES string of the molecule is CCCC[C@H](NC(=O)[C@H](CC(C)C)NC(=O)[C@@H](NC(=O)[C@H](Cc1ccccc1C)NC(=O)[C@@H](COCc1ccccc1)NC(=O)[C@H](CO)NC(=O)C1(OC)CCCCC1)C(C)(C)C)C(=O)C(N)=O. The van der Waals surface area contributed by atoms with Crippen LogP contribution in [0, 0.1) is 18.3 Å². The molecule has 1 aliphatic rings. The highest BCUT2D eigenvalue weighted by Crippen LogP contribution is 2.31. The molecule has 1 aliphatic carbocycles. The molecule has 0 saturated heterocycles. The van der Waals surface area contributed by atoms with Crippen LogP contribution in [-0.2, 0) is 60.9 Å². The number of hydrogen-bond acceptors (Lipinski definition) is 11. The van der Waals surface area contributed by atoms with E-state index in [1.54, 1.807) is 32.9 Å². The Morgan fingerprint density at radius 1 is 0.721 bits per heavy atom. The first-order valence-electron chi connectivity index (χ1n) is 23.6. The molecule has 3 rings (SSSR count). The fourth-order valence-electron chi connectivity index (χ4n) is 7.99. The third kappa shape index (κ3) is 17.4. The number of aliphatic hydroxyl groups excluding tert-OH is 1. The molecular formula is C50H75N7O11. The standard InChI is InChI=1S/C50H75N7O11/c1-9-10-23-35(40(59)42(51)60)52-43(61)36(26-31(2)3)54-47(65)41(49(5,6)7)57-44(62)37(27-34-22-16-15-19-32(34)4)53-46(64)39(30-68-29-33-20-13-11-14-21-33)55-45(63)38(28-58)56-48(66)50(67-8)24-17-12-18-25-50/h11,13-16,19-22,31,35-39,41,58H,9-10,12,17-18,23-30H2,1-8H3,(H2,51,60)(H,52,61)(H,53,64)(H,54,65)(H,55,63)(H,56,66)(H,57,62)/t35-,36-,37-,38-,39+,41+/m0/s1. The molecule has 2 aromatic carbocycles. The molecule has 2 aromatic rings. The Balaban J connectivity index is 1.95. The number of benzene rings is 2. The van der Waals surface area contributed by atoms with Gasteiger partial charge >= 0.3 is 0 Å². The lowest BCUT2D eigenvalue weighted by Crippen LogP contribution is -2.63. The van der Waals surface area contributed by atoms with Crippen LogP contribution in [0.1, 0.15) is 116 Å². The molecule has 0 unspecified atom stereocenters. The molecule has 18 nitrogen and oxygen atoms in total. The van der Waals surface area contributed by atoms with Crippen LogP contribution in [0.15, 0.2) is 54.6 Å². The molecule has 0 aliphatic heterocycles. The summed E-state index contributed by atoms with van der Waals surface area (Å²) < 4.78 is 11.6. The Morgan fingerprint density at radius 2 is 1.28 bits per heavy atom. The lowest BCUT2D eigenvalue weighted by molar-refractivity contribution is -0.150. The van der Waals surface area contributed by atoms with E-state index in [4.69, 9.17) is 15.2 Å². The number of primary amides is 1. The van der Waals surface area contributed by atoms with Gasteiger partial charge < -0.3 is 52.2 Å². The Morgan fingerprint density at radius 3 is 1.85 bits per heavy atom. The van der Waals surface area contributed by atoms with Gasteiger partial charge in [-0.15, -0.1) is 0 Å². The average molecular weight is 950 g/mol. The highest BCUT2D eigenvalue weighted by atomic mass is 16.5. The van der Waals surface area contributed by atoms with Crippen molar-refractivity contribution in [2.45, 2.75) is 161 Å². The van der Waals surface area contributed by atoms with Crippen LogP contribution in [0.25, 0.3) is 0 Å². The summed E-state index contributed by atoms with van der Waals surface area (Å²) in [6.07, 6.45) is 4.75. The van der Waals surface area contributed by atoms with Crippen molar-refractivity contribution >= 4 is 47.1 Å². The van der Waals surface area contributed by atoms with E-state index in [9.17, 15) is 43.5 Å². The number of ether oxygens (including phenoxy) is 2. The number of unbranched alkanes of at least 4 members (excludes halogenated alkanes) is 1. The van der Waals surface area contributed by atoms with Crippen LogP contribution >= 0.6 is 0 Å².